The highest BCUT2D eigenvalue weighted by atomic mass is 19.2. The van der Waals surface area contributed by atoms with Gasteiger partial charge in [-0.1, -0.05) is 13.8 Å². The van der Waals surface area contributed by atoms with E-state index in [1.807, 2.05) is 19.2 Å². The summed E-state index contributed by atoms with van der Waals surface area (Å²) in [4.78, 5) is 11.7. The molecule has 1 atom stereocenters. The first-order valence-corrected chi connectivity index (χ1v) is 6.59. The number of rotatable bonds is 6. The Bertz CT molecular complexity index is 494. The molecule has 1 aromatic rings. The van der Waals surface area contributed by atoms with E-state index < -0.39 is 34.9 Å². The van der Waals surface area contributed by atoms with Crippen LogP contribution >= 0.6 is 0 Å². The van der Waals surface area contributed by atoms with E-state index in [2.05, 4.69) is 0 Å². The zero-order chi connectivity index (χ0) is 16.2. The van der Waals surface area contributed by atoms with Gasteiger partial charge in [0.05, 0.1) is 0 Å². The van der Waals surface area contributed by atoms with E-state index in [9.17, 15) is 22.4 Å². The van der Waals surface area contributed by atoms with Crippen LogP contribution < -0.4 is 11.1 Å². The minimum Gasteiger partial charge on any atom is -0.330 e. The van der Waals surface area contributed by atoms with Gasteiger partial charge in [0.1, 0.15) is 5.69 Å². The van der Waals surface area contributed by atoms with Gasteiger partial charge in [0.2, 0.25) is 5.91 Å². The Balaban J connectivity index is 2.84. The van der Waals surface area contributed by atoms with E-state index >= 15 is 0 Å². The maximum absolute atomic E-state index is 13.4. The monoisotopic (exact) mass is 306 g/mol. The summed E-state index contributed by atoms with van der Waals surface area (Å²) in [5, 5.41) is 1.87. The number of nitrogens with two attached hydrogens (primary N) is 1. The van der Waals surface area contributed by atoms with Crippen LogP contribution in [0.2, 0.25) is 0 Å². The summed E-state index contributed by atoms with van der Waals surface area (Å²) in [6, 6.07) is 0.0851. The van der Waals surface area contributed by atoms with Crippen molar-refractivity contribution in [3.63, 3.8) is 0 Å². The van der Waals surface area contributed by atoms with Crippen LogP contribution in [0.15, 0.2) is 6.07 Å². The fourth-order valence-corrected chi connectivity index (χ4v) is 2.07. The topological polar surface area (TPSA) is 55.1 Å². The minimum atomic E-state index is -1.63. The Labute approximate surface area is 120 Å². The highest BCUT2D eigenvalue weighted by Gasteiger charge is 2.22. The molecule has 1 unspecified atom stereocenters. The summed E-state index contributed by atoms with van der Waals surface area (Å²) in [6.45, 7) is 4.12. The molecule has 3 N–H and O–H groups in total. The number of hydrogen-bond donors (Lipinski definition) is 2. The molecule has 0 heterocycles. The molecule has 0 saturated carbocycles. The number of hydrogen-bond acceptors (Lipinski definition) is 2. The molecule has 0 fully saturated rings. The summed E-state index contributed by atoms with van der Waals surface area (Å²) in [5.41, 5.74) is 4.41. The number of carbonyl (C=O) groups excluding carboxylic acids is 1. The first kappa shape index (κ1) is 17.4. The third-order valence-corrected chi connectivity index (χ3v) is 2.99. The van der Waals surface area contributed by atoms with Crippen molar-refractivity contribution < 1.29 is 22.4 Å². The Morgan fingerprint density at radius 3 is 2.14 bits per heavy atom. The molecule has 0 aromatic heterocycles. The maximum atomic E-state index is 13.4. The first-order chi connectivity index (χ1) is 9.76. The molecule has 0 aliphatic heterocycles. The first-order valence-electron chi connectivity index (χ1n) is 6.59. The van der Waals surface area contributed by atoms with Crippen LogP contribution in [-0.4, -0.2) is 12.5 Å². The van der Waals surface area contributed by atoms with Crippen LogP contribution in [0.1, 0.15) is 26.7 Å². The van der Waals surface area contributed by atoms with Gasteiger partial charge in [0, 0.05) is 12.5 Å². The average molecular weight is 306 g/mol. The lowest BCUT2D eigenvalue weighted by Crippen LogP contribution is -2.24. The second kappa shape index (κ2) is 7.40. The van der Waals surface area contributed by atoms with Crippen LogP contribution in [0, 0.1) is 35.1 Å². The molecular weight excluding hydrogens is 288 g/mol. The molecule has 0 spiro atoms. The molecule has 118 valence electrons. The summed E-state index contributed by atoms with van der Waals surface area (Å²) in [5.74, 6) is -7.01. The zero-order valence-electron chi connectivity index (χ0n) is 11.9. The fraction of sp³-hybridized carbons (Fsp3) is 0.500. The molecular formula is C14H18F4N2O. The number of anilines is 1. The van der Waals surface area contributed by atoms with Crippen LogP contribution in [0.4, 0.5) is 23.2 Å². The van der Waals surface area contributed by atoms with E-state index in [-0.39, 0.29) is 24.9 Å². The van der Waals surface area contributed by atoms with Gasteiger partial charge < -0.3 is 11.1 Å². The van der Waals surface area contributed by atoms with Crippen LogP contribution in [0.3, 0.4) is 0 Å². The van der Waals surface area contributed by atoms with E-state index in [0.717, 1.165) is 0 Å². The standard InChI is InChI=1S/C14H18F4N2O/c1-7(2)3-8(6-19)4-11(21)20-14-12(17)9(15)5-10(16)13(14)18/h5,7-8H,3-4,6,19H2,1-2H3,(H,20,21). The number of amides is 1. The average Bonchev–Trinajstić information content (AvgIpc) is 2.40. The predicted molar refractivity (Wildman–Crippen MR) is 71.5 cm³/mol. The molecule has 0 saturated heterocycles. The Kier molecular flexibility index (Phi) is 6.14. The Hall–Kier alpha value is -1.63. The van der Waals surface area contributed by atoms with Gasteiger partial charge in [-0.15, -0.1) is 0 Å². The molecule has 0 bridgehead atoms. The van der Waals surface area contributed by atoms with Crippen molar-refractivity contribution in [2.24, 2.45) is 17.6 Å². The molecule has 3 nitrogen and oxygen atoms in total. The normalized spacial score (nSPS) is 12.6. The highest BCUT2D eigenvalue weighted by Crippen LogP contribution is 2.25. The molecule has 0 radical (unpaired) electrons. The molecule has 1 rings (SSSR count). The number of halogens is 4. The van der Waals surface area contributed by atoms with Crippen molar-refractivity contribution in [2.45, 2.75) is 26.7 Å². The van der Waals surface area contributed by atoms with Crippen LogP contribution in [0.5, 0.6) is 0 Å². The SMILES string of the molecule is CC(C)CC(CN)CC(=O)Nc1c(F)c(F)cc(F)c1F. The summed E-state index contributed by atoms with van der Waals surface area (Å²) in [7, 11) is 0. The van der Waals surface area contributed by atoms with Crippen molar-refractivity contribution in [1.82, 2.24) is 0 Å². The van der Waals surface area contributed by atoms with Crippen molar-refractivity contribution in [3.8, 4) is 0 Å². The third kappa shape index (κ3) is 4.70. The minimum absolute atomic E-state index is 0.0777. The van der Waals surface area contributed by atoms with Gasteiger partial charge >= 0.3 is 0 Å². The van der Waals surface area contributed by atoms with Crippen molar-refractivity contribution in [1.29, 1.82) is 0 Å². The largest absolute Gasteiger partial charge is 0.330 e. The number of nitrogens with one attached hydrogen (secondary N) is 1. The van der Waals surface area contributed by atoms with Crippen LogP contribution in [-0.2, 0) is 4.79 Å². The lowest BCUT2D eigenvalue weighted by molar-refractivity contribution is -0.117. The van der Waals surface area contributed by atoms with Crippen LogP contribution in [0.25, 0.3) is 0 Å². The Morgan fingerprint density at radius 1 is 1.19 bits per heavy atom. The molecule has 0 aliphatic rings. The van der Waals surface area contributed by atoms with E-state index in [1.165, 1.54) is 0 Å². The lowest BCUT2D eigenvalue weighted by Gasteiger charge is -2.17. The fourth-order valence-electron chi connectivity index (χ4n) is 2.07. The summed E-state index contributed by atoms with van der Waals surface area (Å²) < 4.78 is 52.9. The summed E-state index contributed by atoms with van der Waals surface area (Å²) in [6.07, 6.45) is 0.581. The third-order valence-electron chi connectivity index (χ3n) is 2.99. The molecule has 7 heteroatoms. The van der Waals surface area contributed by atoms with Gasteiger partial charge in [0.25, 0.3) is 0 Å². The molecule has 1 amide bonds. The van der Waals surface area contributed by atoms with Gasteiger partial charge in [-0.25, -0.2) is 17.6 Å². The van der Waals surface area contributed by atoms with E-state index in [1.54, 1.807) is 0 Å². The number of benzene rings is 1. The molecule has 21 heavy (non-hydrogen) atoms. The highest BCUT2D eigenvalue weighted by molar-refractivity contribution is 5.91. The second-order valence-electron chi connectivity index (χ2n) is 5.33. The van der Waals surface area contributed by atoms with Crippen molar-refractivity contribution in [3.05, 3.63) is 29.3 Å². The number of carbonyl (C=O) groups is 1. The molecule has 0 aliphatic carbocycles. The summed E-state index contributed by atoms with van der Waals surface area (Å²) >= 11 is 0. The predicted octanol–water partition coefficient (Wildman–Crippen LogP) is 3.19. The smallest absolute Gasteiger partial charge is 0.224 e. The lowest BCUT2D eigenvalue weighted by atomic mass is 9.94. The van der Waals surface area contributed by atoms with E-state index in [0.29, 0.717) is 12.3 Å². The van der Waals surface area contributed by atoms with Crippen molar-refractivity contribution >= 4 is 11.6 Å². The zero-order valence-corrected chi connectivity index (χ0v) is 11.9. The van der Waals surface area contributed by atoms with E-state index in [4.69, 9.17) is 5.73 Å². The second-order valence-corrected chi connectivity index (χ2v) is 5.33. The quantitative estimate of drug-likeness (QED) is 0.626. The Morgan fingerprint density at radius 2 is 1.71 bits per heavy atom. The maximum Gasteiger partial charge on any atom is 0.224 e. The molecule has 1 aromatic carbocycles. The van der Waals surface area contributed by atoms with Gasteiger partial charge in [-0.2, -0.15) is 0 Å². The van der Waals surface area contributed by atoms with Gasteiger partial charge in [-0.3, -0.25) is 4.79 Å². The van der Waals surface area contributed by atoms with Gasteiger partial charge in [-0.05, 0) is 24.8 Å². The van der Waals surface area contributed by atoms with Gasteiger partial charge in [0.15, 0.2) is 23.3 Å². The van der Waals surface area contributed by atoms with Crippen molar-refractivity contribution in [2.75, 3.05) is 11.9 Å².